The Kier molecular flexibility index (Phi) is 5.07. The molecule has 0 spiro atoms. The maximum Gasteiger partial charge on any atom is 0.222 e. The van der Waals surface area contributed by atoms with Gasteiger partial charge in [-0.15, -0.1) is 0 Å². The number of allylic oxidation sites excluding steroid dienone is 3. The number of benzene rings is 1. The van der Waals surface area contributed by atoms with Crippen LogP contribution in [0.2, 0.25) is 0 Å². The normalized spacial score (nSPS) is 16.9. The molecule has 3 rings (SSSR count). The van der Waals surface area contributed by atoms with Gasteiger partial charge in [0.1, 0.15) is 11.6 Å². The van der Waals surface area contributed by atoms with E-state index in [-0.39, 0.29) is 17.2 Å². The number of hydrogen-bond acceptors (Lipinski definition) is 4. The molecule has 0 saturated heterocycles. The summed E-state index contributed by atoms with van der Waals surface area (Å²) < 4.78 is 13.4. The summed E-state index contributed by atoms with van der Waals surface area (Å²) in [6, 6.07) is 8.03. The number of hydrogen-bond donors (Lipinski definition) is 2. The number of halogens is 1. The lowest BCUT2D eigenvalue weighted by Gasteiger charge is -2.32. The van der Waals surface area contributed by atoms with Gasteiger partial charge in [0.25, 0.3) is 0 Å². The van der Waals surface area contributed by atoms with Crippen LogP contribution in [0.1, 0.15) is 45.7 Å². The van der Waals surface area contributed by atoms with Crippen molar-refractivity contribution in [1.29, 1.82) is 0 Å². The second-order valence-electron chi connectivity index (χ2n) is 7.44. The maximum atomic E-state index is 13.4. The predicted octanol–water partition coefficient (Wildman–Crippen LogP) is 5.48. The molecule has 0 atom stereocenters. The standard InChI is InChI=1S/C21H25FN4/c1-14-6-5-11-21(2,3)18(14)10-9-17-13-19(26-20(23)25-17)24-16-8-4-7-15(22)12-16/h4,7-10,12-13H,5-6,11H2,1-3H3,(H3,23,24,25,26)/b10-9+. The van der Waals surface area contributed by atoms with E-state index in [1.807, 2.05) is 12.1 Å². The Morgan fingerprint density at radius 1 is 1.19 bits per heavy atom. The number of rotatable bonds is 4. The fraction of sp³-hybridized carbons (Fsp3) is 0.333. The number of aromatic nitrogens is 2. The van der Waals surface area contributed by atoms with E-state index in [0.717, 1.165) is 12.1 Å². The first-order chi connectivity index (χ1) is 12.3. The van der Waals surface area contributed by atoms with Crippen LogP contribution in [-0.2, 0) is 0 Å². The highest BCUT2D eigenvalue weighted by molar-refractivity contribution is 5.62. The lowest BCUT2D eigenvalue weighted by Crippen LogP contribution is -2.19. The van der Waals surface area contributed by atoms with Crippen molar-refractivity contribution < 1.29 is 4.39 Å². The molecule has 1 aliphatic carbocycles. The van der Waals surface area contributed by atoms with Crippen molar-refractivity contribution in [3.05, 3.63) is 59.1 Å². The van der Waals surface area contributed by atoms with Gasteiger partial charge in [-0.2, -0.15) is 4.98 Å². The van der Waals surface area contributed by atoms with Crippen molar-refractivity contribution in [1.82, 2.24) is 9.97 Å². The highest BCUT2D eigenvalue weighted by Crippen LogP contribution is 2.40. The zero-order valence-corrected chi connectivity index (χ0v) is 15.5. The van der Waals surface area contributed by atoms with Crippen molar-refractivity contribution in [2.75, 3.05) is 11.1 Å². The highest BCUT2D eigenvalue weighted by Gasteiger charge is 2.26. The molecule has 0 saturated carbocycles. The second kappa shape index (κ2) is 7.28. The summed E-state index contributed by atoms with van der Waals surface area (Å²) >= 11 is 0. The van der Waals surface area contributed by atoms with Crippen molar-refractivity contribution in [2.45, 2.75) is 40.0 Å². The van der Waals surface area contributed by atoms with Crippen LogP contribution in [0.15, 0.2) is 47.6 Å². The molecule has 1 aromatic carbocycles. The Morgan fingerprint density at radius 3 is 2.73 bits per heavy atom. The molecule has 0 amide bonds. The topological polar surface area (TPSA) is 63.8 Å². The van der Waals surface area contributed by atoms with E-state index in [9.17, 15) is 4.39 Å². The second-order valence-corrected chi connectivity index (χ2v) is 7.44. The molecule has 0 radical (unpaired) electrons. The van der Waals surface area contributed by atoms with Crippen molar-refractivity contribution in [2.24, 2.45) is 5.41 Å². The zero-order valence-electron chi connectivity index (χ0n) is 15.5. The van der Waals surface area contributed by atoms with Crippen LogP contribution in [0.5, 0.6) is 0 Å². The Morgan fingerprint density at radius 2 is 2.00 bits per heavy atom. The van der Waals surface area contributed by atoms with Gasteiger partial charge in [0.2, 0.25) is 5.95 Å². The van der Waals surface area contributed by atoms with E-state index in [0.29, 0.717) is 11.5 Å². The maximum absolute atomic E-state index is 13.4. The summed E-state index contributed by atoms with van der Waals surface area (Å²) in [7, 11) is 0. The van der Waals surface area contributed by atoms with E-state index < -0.39 is 0 Å². The predicted molar refractivity (Wildman–Crippen MR) is 105 cm³/mol. The highest BCUT2D eigenvalue weighted by atomic mass is 19.1. The van der Waals surface area contributed by atoms with Gasteiger partial charge in [0, 0.05) is 11.8 Å². The van der Waals surface area contributed by atoms with E-state index in [1.54, 1.807) is 12.1 Å². The number of nitrogens with two attached hydrogens (primary N) is 1. The average molecular weight is 352 g/mol. The minimum absolute atomic E-state index is 0.167. The van der Waals surface area contributed by atoms with Gasteiger partial charge in [-0.1, -0.05) is 31.6 Å². The molecule has 2 aromatic rings. The van der Waals surface area contributed by atoms with Gasteiger partial charge in [-0.3, -0.25) is 0 Å². The quantitative estimate of drug-likeness (QED) is 0.764. The van der Waals surface area contributed by atoms with E-state index in [2.05, 4.69) is 42.1 Å². The third-order valence-corrected chi connectivity index (χ3v) is 4.82. The summed E-state index contributed by atoms with van der Waals surface area (Å²) in [5.41, 5.74) is 10.1. The fourth-order valence-corrected chi connectivity index (χ4v) is 3.53. The molecule has 1 aromatic heterocycles. The molecule has 0 fully saturated rings. The molecule has 136 valence electrons. The van der Waals surface area contributed by atoms with Gasteiger partial charge < -0.3 is 11.1 Å². The van der Waals surface area contributed by atoms with Crippen LogP contribution in [0.25, 0.3) is 6.08 Å². The molecule has 0 bridgehead atoms. The van der Waals surface area contributed by atoms with Gasteiger partial charge in [-0.05, 0) is 61.4 Å². The SMILES string of the molecule is CC1=C(/C=C/c2cc(Nc3cccc(F)c3)nc(N)n2)C(C)(C)CCC1. The average Bonchev–Trinajstić information content (AvgIpc) is 2.53. The summed E-state index contributed by atoms with van der Waals surface area (Å²) in [6.07, 6.45) is 7.67. The number of anilines is 3. The van der Waals surface area contributed by atoms with Crippen LogP contribution >= 0.6 is 0 Å². The molecule has 4 nitrogen and oxygen atoms in total. The van der Waals surface area contributed by atoms with Crippen molar-refractivity contribution in [3.8, 4) is 0 Å². The van der Waals surface area contributed by atoms with Crippen molar-refractivity contribution in [3.63, 3.8) is 0 Å². The summed E-state index contributed by atoms with van der Waals surface area (Å²) in [4.78, 5) is 8.48. The van der Waals surface area contributed by atoms with E-state index in [1.165, 1.54) is 36.1 Å². The first-order valence-corrected chi connectivity index (χ1v) is 8.89. The van der Waals surface area contributed by atoms with Crippen LogP contribution in [0, 0.1) is 11.2 Å². The van der Waals surface area contributed by atoms with Gasteiger partial charge in [0.15, 0.2) is 0 Å². The number of nitrogens with one attached hydrogen (secondary N) is 1. The lowest BCUT2D eigenvalue weighted by molar-refractivity contribution is 0.377. The lowest BCUT2D eigenvalue weighted by atomic mass is 9.72. The molecule has 1 heterocycles. The molecular weight excluding hydrogens is 327 g/mol. The molecule has 3 N–H and O–H groups in total. The first kappa shape index (κ1) is 18.1. The minimum Gasteiger partial charge on any atom is -0.368 e. The van der Waals surface area contributed by atoms with Gasteiger partial charge >= 0.3 is 0 Å². The van der Waals surface area contributed by atoms with Crippen LogP contribution < -0.4 is 11.1 Å². The Balaban J connectivity index is 1.86. The van der Waals surface area contributed by atoms with Gasteiger partial charge in [0.05, 0.1) is 5.69 Å². The monoisotopic (exact) mass is 352 g/mol. The third-order valence-electron chi connectivity index (χ3n) is 4.82. The third kappa shape index (κ3) is 4.28. The molecule has 1 aliphatic rings. The van der Waals surface area contributed by atoms with E-state index in [4.69, 9.17) is 5.73 Å². The number of nitrogen functional groups attached to an aromatic ring is 1. The van der Waals surface area contributed by atoms with Gasteiger partial charge in [-0.25, -0.2) is 9.37 Å². The number of nitrogens with zero attached hydrogens (tertiary/aromatic N) is 2. The van der Waals surface area contributed by atoms with Crippen molar-refractivity contribution >= 4 is 23.5 Å². The molecule has 0 aliphatic heterocycles. The molecular formula is C21H25FN4. The molecule has 5 heteroatoms. The van der Waals surface area contributed by atoms with E-state index >= 15 is 0 Å². The minimum atomic E-state index is -0.306. The Labute approximate surface area is 154 Å². The molecule has 26 heavy (non-hydrogen) atoms. The summed E-state index contributed by atoms with van der Waals surface area (Å²) in [5, 5.41) is 3.07. The Hall–Kier alpha value is -2.69. The largest absolute Gasteiger partial charge is 0.368 e. The smallest absolute Gasteiger partial charge is 0.222 e. The Bertz CT molecular complexity index is 868. The summed E-state index contributed by atoms with van der Waals surface area (Å²) in [5.74, 6) is 0.412. The molecule has 0 unspecified atom stereocenters. The van der Waals surface area contributed by atoms with Crippen LogP contribution in [0.3, 0.4) is 0 Å². The van der Waals surface area contributed by atoms with Crippen LogP contribution in [-0.4, -0.2) is 9.97 Å². The zero-order chi connectivity index (χ0) is 18.7. The van der Waals surface area contributed by atoms with Crippen LogP contribution in [0.4, 0.5) is 21.8 Å². The first-order valence-electron chi connectivity index (χ1n) is 8.89. The summed E-state index contributed by atoms with van der Waals surface area (Å²) in [6.45, 7) is 6.76. The fourth-order valence-electron chi connectivity index (χ4n) is 3.53.